The van der Waals surface area contributed by atoms with E-state index in [1.54, 1.807) is 13.0 Å². The summed E-state index contributed by atoms with van der Waals surface area (Å²) in [6, 6.07) is 8.65. The van der Waals surface area contributed by atoms with E-state index in [0.717, 1.165) is 5.56 Å². The predicted molar refractivity (Wildman–Crippen MR) is 79.2 cm³/mol. The maximum atomic E-state index is 12.1. The van der Waals surface area contributed by atoms with Gasteiger partial charge in [0, 0.05) is 5.02 Å². The van der Waals surface area contributed by atoms with E-state index in [0.29, 0.717) is 5.02 Å². The zero-order valence-corrected chi connectivity index (χ0v) is 11.8. The summed E-state index contributed by atoms with van der Waals surface area (Å²) in [5.74, 6) is -1.97. The number of halogens is 1. The fourth-order valence-electron chi connectivity index (χ4n) is 1.83. The summed E-state index contributed by atoms with van der Waals surface area (Å²) in [7, 11) is 0. The van der Waals surface area contributed by atoms with Gasteiger partial charge < -0.3 is 15.5 Å². The number of carboxylic acid groups (broad SMARTS) is 1. The Morgan fingerprint density at radius 2 is 1.76 bits per heavy atom. The second-order valence-corrected chi connectivity index (χ2v) is 4.91. The number of aromatic carboxylic acids is 1. The van der Waals surface area contributed by atoms with E-state index in [2.05, 4.69) is 5.32 Å². The van der Waals surface area contributed by atoms with Crippen molar-refractivity contribution in [2.75, 3.05) is 5.32 Å². The van der Waals surface area contributed by atoms with E-state index in [1.807, 2.05) is 0 Å². The highest BCUT2D eigenvalue weighted by atomic mass is 35.5. The van der Waals surface area contributed by atoms with Crippen molar-refractivity contribution in [3.63, 3.8) is 0 Å². The lowest BCUT2D eigenvalue weighted by Gasteiger charge is -2.10. The molecule has 0 aromatic heterocycles. The van der Waals surface area contributed by atoms with Gasteiger partial charge in [-0.25, -0.2) is 4.79 Å². The zero-order valence-electron chi connectivity index (χ0n) is 11.1. The molecule has 21 heavy (non-hydrogen) atoms. The van der Waals surface area contributed by atoms with Crippen LogP contribution >= 0.6 is 11.6 Å². The Hall–Kier alpha value is -2.53. The standard InChI is InChI=1S/C15H12ClNO4/c1-8-2-4-11(13(18)6-8)14(19)17-12-7-9(16)3-5-10(12)15(20)21/h2-7,18H,1H3,(H,17,19)(H,20,21). The molecule has 0 heterocycles. The van der Waals surface area contributed by atoms with Gasteiger partial charge in [0.1, 0.15) is 5.75 Å². The van der Waals surface area contributed by atoms with E-state index in [-0.39, 0.29) is 22.6 Å². The molecular formula is C15H12ClNO4. The van der Waals surface area contributed by atoms with Gasteiger partial charge in [0.2, 0.25) is 0 Å². The Morgan fingerprint density at radius 3 is 2.38 bits per heavy atom. The van der Waals surface area contributed by atoms with E-state index < -0.39 is 11.9 Å². The van der Waals surface area contributed by atoms with Crippen molar-refractivity contribution in [1.82, 2.24) is 0 Å². The monoisotopic (exact) mass is 305 g/mol. The first-order valence-corrected chi connectivity index (χ1v) is 6.40. The molecule has 0 aliphatic rings. The first-order chi connectivity index (χ1) is 9.88. The number of phenols is 1. The molecule has 2 aromatic carbocycles. The molecule has 6 heteroatoms. The smallest absolute Gasteiger partial charge is 0.337 e. The third-order valence-corrected chi connectivity index (χ3v) is 3.09. The van der Waals surface area contributed by atoms with Crippen LogP contribution in [0.3, 0.4) is 0 Å². The minimum absolute atomic E-state index is 0.0527. The average molecular weight is 306 g/mol. The lowest BCUT2D eigenvalue weighted by molar-refractivity contribution is 0.0698. The molecular weight excluding hydrogens is 294 g/mol. The van der Waals surface area contributed by atoms with Gasteiger partial charge in [-0.2, -0.15) is 0 Å². The zero-order chi connectivity index (χ0) is 15.6. The second kappa shape index (κ2) is 5.85. The summed E-state index contributed by atoms with van der Waals surface area (Å²) in [5.41, 5.74) is 0.842. The first-order valence-electron chi connectivity index (χ1n) is 6.02. The van der Waals surface area contributed by atoms with Crippen LogP contribution in [0.5, 0.6) is 5.75 Å². The van der Waals surface area contributed by atoms with Crippen LogP contribution in [0.15, 0.2) is 36.4 Å². The molecule has 108 valence electrons. The topological polar surface area (TPSA) is 86.6 Å². The molecule has 0 fully saturated rings. The number of rotatable bonds is 3. The van der Waals surface area contributed by atoms with Gasteiger partial charge in [-0.05, 0) is 42.8 Å². The van der Waals surface area contributed by atoms with Crippen molar-refractivity contribution in [3.8, 4) is 5.75 Å². The number of anilines is 1. The van der Waals surface area contributed by atoms with E-state index in [1.165, 1.54) is 30.3 Å². The minimum Gasteiger partial charge on any atom is -0.507 e. The maximum absolute atomic E-state index is 12.1. The number of aromatic hydroxyl groups is 1. The summed E-state index contributed by atoms with van der Waals surface area (Å²) in [6.07, 6.45) is 0. The van der Waals surface area contributed by atoms with Crippen molar-refractivity contribution < 1.29 is 19.8 Å². The third-order valence-electron chi connectivity index (χ3n) is 2.86. The highest BCUT2D eigenvalue weighted by molar-refractivity contribution is 6.31. The summed E-state index contributed by atoms with van der Waals surface area (Å²) in [4.78, 5) is 23.2. The molecule has 0 unspecified atom stereocenters. The van der Waals surface area contributed by atoms with E-state index in [4.69, 9.17) is 16.7 Å². The number of benzene rings is 2. The molecule has 3 N–H and O–H groups in total. The first kappa shape index (κ1) is 14.9. The van der Waals surface area contributed by atoms with E-state index in [9.17, 15) is 14.7 Å². The number of carbonyl (C=O) groups is 2. The average Bonchev–Trinajstić information content (AvgIpc) is 2.37. The van der Waals surface area contributed by atoms with Gasteiger partial charge >= 0.3 is 5.97 Å². The fourth-order valence-corrected chi connectivity index (χ4v) is 2.00. The number of hydrogen-bond acceptors (Lipinski definition) is 3. The summed E-state index contributed by atoms with van der Waals surface area (Å²) in [6.45, 7) is 1.78. The van der Waals surface area contributed by atoms with Crippen LogP contribution in [-0.4, -0.2) is 22.1 Å². The highest BCUT2D eigenvalue weighted by Crippen LogP contribution is 2.24. The molecule has 1 amide bonds. The number of aryl methyl sites for hydroxylation is 1. The minimum atomic E-state index is -1.19. The van der Waals surface area contributed by atoms with Gasteiger partial charge in [0.05, 0.1) is 16.8 Å². The van der Waals surface area contributed by atoms with Crippen molar-refractivity contribution in [3.05, 3.63) is 58.1 Å². The highest BCUT2D eigenvalue weighted by Gasteiger charge is 2.16. The molecule has 0 saturated heterocycles. The van der Waals surface area contributed by atoms with Gasteiger partial charge in [0.25, 0.3) is 5.91 Å². The quantitative estimate of drug-likeness (QED) is 0.812. The lowest BCUT2D eigenvalue weighted by atomic mass is 10.1. The Balaban J connectivity index is 2.35. The number of carboxylic acids is 1. The van der Waals surface area contributed by atoms with Gasteiger partial charge in [0.15, 0.2) is 0 Å². The predicted octanol–water partition coefficient (Wildman–Crippen LogP) is 3.30. The Labute approximate surface area is 125 Å². The van der Waals surface area contributed by atoms with Gasteiger partial charge in [-0.1, -0.05) is 17.7 Å². The van der Waals surface area contributed by atoms with Crippen LogP contribution in [0.2, 0.25) is 5.02 Å². The molecule has 0 spiro atoms. The maximum Gasteiger partial charge on any atom is 0.337 e. The molecule has 0 aliphatic carbocycles. The van der Waals surface area contributed by atoms with Crippen LogP contribution in [0, 0.1) is 6.92 Å². The summed E-state index contributed by atoms with van der Waals surface area (Å²) in [5, 5.41) is 21.6. The Kier molecular flexibility index (Phi) is 4.14. The van der Waals surface area contributed by atoms with Crippen LogP contribution in [-0.2, 0) is 0 Å². The van der Waals surface area contributed by atoms with Crippen LogP contribution in [0.1, 0.15) is 26.3 Å². The number of phenolic OH excluding ortho intramolecular Hbond substituents is 1. The summed E-state index contributed by atoms with van der Waals surface area (Å²) < 4.78 is 0. The van der Waals surface area contributed by atoms with Gasteiger partial charge in [-0.3, -0.25) is 4.79 Å². The lowest BCUT2D eigenvalue weighted by Crippen LogP contribution is -2.15. The molecule has 0 aliphatic heterocycles. The normalized spacial score (nSPS) is 10.2. The van der Waals surface area contributed by atoms with Gasteiger partial charge in [-0.15, -0.1) is 0 Å². The van der Waals surface area contributed by atoms with Crippen molar-refractivity contribution >= 4 is 29.2 Å². The molecule has 0 saturated carbocycles. The number of nitrogens with one attached hydrogen (secondary N) is 1. The van der Waals surface area contributed by atoms with Crippen molar-refractivity contribution in [2.45, 2.75) is 6.92 Å². The molecule has 0 radical (unpaired) electrons. The summed E-state index contributed by atoms with van der Waals surface area (Å²) >= 11 is 5.81. The van der Waals surface area contributed by atoms with Crippen molar-refractivity contribution in [2.24, 2.45) is 0 Å². The Morgan fingerprint density at radius 1 is 1.10 bits per heavy atom. The fraction of sp³-hybridized carbons (Fsp3) is 0.0667. The van der Waals surface area contributed by atoms with Crippen molar-refractivity contribution in [1.29, 1.82) is 0 Å². The molecule has 2 rings (SSSR count). The van der Waals surface area contributed by atoms with E-state index >= 15 is 0 Å². The SMILES string of the molecule is Cc1ccc(C(=O)Nc2cc(Cl)ccc2C(=O)O)c(O)c1. The molecule has 2 aromatic rings. The number of amides is 1. The Bertz CT molecular complexity index is 728. The molecule has 0 bridgehead atoms. The van der Waals surface area contributed by atoms with Crippen LogP contribution in [0.25, 0.3) is 0 Å². The molecule has 0 atom stereocenters. The second-order valence-electron chi connectivity index (χ2n) is 4.47. The third kappa shape index (κ3) is 3.32. The largest absolute Gasteiger partial charge is 0.507 e. The number of carbonyl (C=O) groups excluding carboxylic acids is 1. The molecule has 5 nitrogen and oxygen atoms in total. The van der Waals surface area contributed by atoms with Crippen LogP contribution < -0.4 is 5.32 Å². The van der Waals surface area contributed by atoms with Crippen LogP contribution in [0.4, 0.5) is 5.69 Å². The number of hydrogen-bond donors (Lipinski definition) is 3.